The number of amides is 1. The Morgan fingerprint density at radius 2 is 1.71 bits per heavy atom. The monoisotopic (exact) mass is 388 g/mol. The molecule has 0 saturated carbocycles. The van der Waals surface area contributed by atoms with Gasteiger partial charge in [-0.15, -0.1) is 11.3 Å². The van der Waals surface area contributed by atoms with Crippen LogP contribution in [0.2, 0.25) is 0 Å². The Bertz CT molecular complexity index is 1040. The Morgan fingerprint density at radius 3 is 2.43 bits per heavy atom. The molecule has 1 heterocycles. The molecule has 0 fully saturated rings. The quantitative estimate of drug-likeness (QED) is 0.457. The average Bonchev–Trinajstić information content (AvgIpc) is 3.17. The molecule has 1 atom stereocenters. The molecule has 28 heavy (non-hydrogen) atoms. The van der Waals surface area contributed by atoms with Gasteiger partial charge in [-0.3, -0.25) is 4.79 Å². The van der Waals surface area contributed by atoms with Crippen LogP contribution in [0.1, 0.15) is 13.3 Å². The first kappa shape index (κ1) is 18.2. The number of anilines is 1. The minimum atomic E-state index is -0.536. The SMILES string of the molecule is CCC(Oc1ccccc1)C(=O)Nc1ccc(-c2nc3ccccc3s2)cc1. The van der Waals surface area contributed by atoms with E-state index in [1.54, 1.807) is 11.3 Å². The summed E-state index contributed by atoms with van der Waals surface area (Å²) in [6.07, 6.45) is 0.0520. The highest BCUT2D eigenvalue weighted by Gasteiger charge is 2.18. The molecule has 4 aromatic rings. The molecule has 0 radical (unpaired) electrons. The Balaban J connectivity index is 1.45. The van der Waals surface area contributed by atoms with Gasteiger partial charge in [0.15, 0.2) is 6.10 Å². The van der Waals surface area contributed by atoms with E-state index in [4.69, 9.17) is 4.74 Å². The summed E-state index contributed by atoms with van der Waals surface area (Å²) < 4.78 is 6.97. The number of nitrogens with zero attached hydrogens (tertiary/aromatic N) is 1. The highest BCUT2D eigenvalue weighted by Crippen LogP contribution is 2.30. The third-order valence-corrected chi connectivity index (χ3v) is 5.46. The van der Waals surface area contributed by atoms with Crippen molar-refractivity contribution in [3.8, 4) is 16.3 Å². The summed E-state index contributed by atoms with van der Waals surface area (Å²) in [6.45, 7) is 1.93. The van der Waals surface area contributed by atoms with Crippen molar-refractivity contribution in [1.29, 1.82) is 0 Å². The van der Waals surface area contributed by atoms with Crippen LogP contribution in [0, 0.1) is 0 Å². The summed E-state index contributed by atoms with van der Waals surface area (Å²) in [4.78, 5) is 17.2. The molecule has 1 unspecified atom stereocenters. The van der Waals surface area contributed by atoms with E-state index in [-0.39, 0.29) is 5.91 Å². The van der Waals surface area contributed by atoms with Gasteiger partial charge in [0.05, 0.1) is 10.2 Å². The molecule has 0 aliphatic carbocycles. The van der Waals surface area contributed by atoms with Gasteiger partial charge < -0.3 is 10.1 Å². The zero-order chi connectivity index (χ0) is 19.3. The minimum absolute atomic E-state index is 0.154. The second-order valence-electron chi connectivity index (χ2n) is 6.38. The average molecular weight is 388 g/mol. The Morgan fingerprint density at radius 1 is 1.00 bits per heavy atom. The van der Waals surface area contributed by atoms with E-state index in [0.29, 0.717) is 12.2 Å². The van der Waals surface area contributed by atoms with E-state index < -0.39 is 6.10 Å². The van der Waals surface area contributed by atoms with E-state index in [1.165, 1.54) is 4.70 Å². The topological polar surface area (TPSA) is 51.2 Å². The molecule has 1 amide bonds. The molecule has 4 rings (SSSR count). The molecule has 5 heteroatoms. The van der Waals surface area contributed by atoms with Crippen LogP contribution >= 0.6 is 11.3 Å². The minimum Gasteiger partial charge on any atom is -0.481 e. The molecule has 0 bridgehead atoms. The number of nitrogens with one attached hydrogen (secondary N) is 1. The molecule has 1 aromatic heterocycles. The number of carbonyl (C=O) groups excluding carboxylic acids is 1. The van der Waals surface area contributed by atoms with Crippen molar-refractivity contribution < 1.29 is 9.53 Å². The molecule has 0 spiro atoms. The normalized spacial score (nSPS) is 11.9. The molecule has 0 aliphatic rings. The van der Waals surface area contributed by atoms with Gasteiger partial charge in [-0.2, -0.15) is 0 Å². The first-order chi connectivity index (χ1) is 13.7. The van der Waals surface area contributed by atoms with Gasteiger partial charge in [-0.1, -0.05) is 37.3 Å². The van der Waals surface area contributed by atoms with Gasteiger partial charge in [0.25, 0.3) is 5.91 Å². The van der Waals surface area contributed by atoms with E-state index in [2.05, 4.69) is 16.4 Å². The molecule has 3 aromatic carbocycles. The number of hydrogen-bond acceptors (Lipinski definition) is 4. The number of hydrogen-bond donors (Lipinski definition) is 1. The third-order valence-electron chi connectivity index (χ3n) is 4.38. The number of aromatic nitrogens is 1. The van der Waals surface area contributed by atoms with E-state index >= 15 is 0 Å². The van der Waals surface area contributed by atoms with Crippen molar-refractivity contribution in [1.82, 2.24) is 4.98 Å². The van der Waals surface area contributed by atoms with Crippen LogP contribution in [0.25, 0.3) is 20.8 Å². The predicted octanol–water partition coefficient (Wildman–Crippen LogP) is 5.76. The lowest BCUT2D eigenvalue weighted by molar-refractivity contribution is -0.122. The molecule has 4 nitrogen and oxygen atoms in total. The van der Waals surface area contributed by atoms with Gasteiger partial charge in [-0.25, -0.2) is 4.98 Å². The van der Waals surface area contributed by atoms with E-state index in [1.807, 2.05) is 79.7 Å². The van der Waals surface area contributed by atoms with Gasteiger partial charge in [0.2, 0.25) is 0 Å². The van der Waals surface area contributed by atoms with Crippen molar-refractivity contribution in [2.24, 2.45) is 0 Å². The standard InChI is InChI=1S/C23H20N2O2S/c1-2-20(27-18-8-4-3-5-9-18)22(26)24-17-14-12-16(13-15-17)23-25-19-10-6-7-11-21(19)28-23/h3-15,20H,2H2,1H3,(H,24,26). The van der Waals surface area contributed by atoms with Crippen molar-refractivity contribution in [3.05, 3.63) is 78.9 Å². The summed E-state index contributed by atoms with van der Waals surface area (Å²) in [7, 11) is 0. The molecular formula is C23H20N2O2S. The van der Waals surface area contributed by atoms with Crippen LogP contribution in [-0.2, 0) is 4.79 Å². The molecule has 0 saturated heterocycles. The maximum Gasteiger partial charge on any atom is 0.265 e. The van der Waals surface area contributed by atoms with E-state index in [9.17, 15) is 4.79 Å². The largest absolute Gasteiger partial charge is 0.481 e. The second-order valence-corrected chi connectivity index (χ2v) is 7.41. The van der Waals surface area contributed by atoms with E-state index in [0.717, 1.165) is 21.8 Å². The number of fused-ring (bicyclic) bond motifs is 1. The lowest BCUT2D eigenvalue weighted by atomic mass is 10.2. The van der Waals surface area contributed by atoms with Crippen LogP contribution in [0.15, 0.2) is 78.9 Å². The number of para-hydroxylation sites is 2. The molecule has 140 valence electrons. The number of rotatable bonds is 6. The first-order valence-electron chi connectivity index (χ1n) is 9.21. The first-order valence-corrected chi connectivity index (χ1v) is 10.0. The van der Waals surface area contributed by atoms with Crippen LogP contribution < -0.4 is 10.1 Å². The van der Waals surface area contributed by atoms with Gasteiger partial charge in [0, 0.05) is 11.3 Å². The van der Waals surface area contributed by atoms with Crippen LogP contribution in [0.3, 0.4) is 0 Å². The highest BCUT2D eigenvalue weighted by molar-refractivity contribution is 7.21. The Labute approximate surface area is 167 Å². The van der Waals surface area contributed by atoms with Crippen LogP contribution in [0.5, 0.6) is 5.75 Å². The Kier molecular flexibility index (Phi) is 5.35. The van der Waals surface area contributed by atoms with Crippen molar-refractivity contribution in [3.63, 3.8) is 0 Å². The number of thiazole rings is 1. The second kappa shape index (κ2) is 8.23. The summed E-state index contributed by atoms with van der Waals surface area (Å²) in [5.74, 6) is 0.537. The predicted molar refractivity (Wildman–Crippen MR) is 115 cm³/mol. The fourth-order valence-electron chi connectivity index (χ4n) is 2.90. The van der Waals surface area contributed by atoms with Crippen LogP contribution in [0.4, 0.5) is 5.69 Å². The fourth-order valence-corrected chi connectivity index (χ4v) is 3.87. The zero-order valence-electron chi connectivity index (χ0n) is 15.5. The van der Waals surface area contributed by atoms with Gasteiger partial charge in [-0.05, 0) is 55.0 Å². The maximum atomic E-state index is 12.6. The fraction of sp³-hybridized carbons (Fsp3) is 0.130. The van der Waals surface area contributed by atoms with Crippen molar-refractivity contribution >= 4 is 33.1 Å². The summed E-state index contributed by atoms with van der Waals surface area (Å²) in [6, 6.07) is 25.2. The van der Waals surface area contributed by atoms with Gasteiger partial charge >= 0.3 is 0 Å². The molecular weight excluding hydrogens is 368 g/mol. The van der Waals surface area contributed by atoms with Gasteiger partial charge in [0.1, 0.15) is 10.8 Å². The Hall–Kier alpha value is -3.18. The van der Waals surface area contributed by atoms with Crippen molar-refractivity contribution in [2.45, 2.75) is 19.4 Å². The summed E-state index contributed by atoms with van der Waals surface area (Å²) in [5, 5.41) is 3.91. The summed E-state index contributed by atoms with van der Waals surface area (Å²) in [5.41, 5.74) is 2.78. The number of ether oxygens (including phenoxy) is 1. The number of benzene rings is 3. The lowest BCUT2D eigenvalue weighted by Crippen LogP contribution is -2.32. The number of carbonyl (C=O) groups is 1. The highest BCUT2D eigenvalue weighted by atomic mass is 32.1. The molecule has 0 aliphatic heterocycles. The smallest absolute Gasteiger partial charge is 0.265 e. The zero-order valence-corrected chi connectivity index (χ0v) is 16.3. The van der Waals surface area contributed by atoms with Crippen molar-refractivity contribution in [2.75, 3.05) is 5.32 Å². The molecule has 1 N–H and O–H groups in total. The summed E-state index contributed by atoms with van der Waals surface area (Å²) >= 11 is 1.66. The maximum absolute atomic E-state index is 12.6. The lowest BCUT2D eigenvalue weighted by Gasteiger charge is -2.17. The third kappa shape index (κ3) is 4.05. The van der Waals surface area contributed by atoms with Crippen LogP contribution in [-0.4, -0.2) is 17.0 Å².